The summed E-state index contributed by atoms with van der Waals surface area (Å²) in [5.74, 6) is 0.529. The predicted molar refractivity (Wildman–Crippen MR) is 79.7 cm³/mol. The van der Waals surface area contributed by atoms with Crippen LogP contribution in [0.25, 0.3) is 0 Å². The molecule has 0 atom stereocenters. The Balaban J connectivity index is 2.19. The fraction of sp³-hybridized carbons (Fsp3) is 0.188. The minimum Gasteiger partial charge on any atom is -0.494 e. The molecular weight excluding hydrogens is 271 g/mol. The molecule has 0 aliphatic carbocycles. The maximum absolute atomic E-state index is 13.7. The molecular formula is C16H17FN2O2. The van der Waals surface area contributed by atoms with Crippen LogP contribution in [0.1, 0.15) is 18.9 Å². The van der Waals surface area contributed by atoms with Gasteiger partial charge in [-0.05, 0) is 42.8 Å². The van der Waals surface area contributed by atoms with Crippen LogP contribution in [0.3, 0.4) is 0 Å². The fourth-order valence-corrected chi connectivity index (χ4v) is 1.80. The molecule has 3 N–H and O–H groups in total. The minimum absolute atomic E-state index is 0.0381. The predicted octanol–water partition coefficient (Wildman–Crippen LogP) is 3.69. The van der Waals surface area contributed by atoms with E-state index in [1.54, 1.807) is 30.3 Å². The summed E-state index contributed by atoms with van der Waals surface area (Å²) in [5, 5.41) is 7.43. The zero-order valence-corrected chi connectivity index (χ0v) is 11.7. The molecule has 21 heavy (non-hydrogen) atoms. The average molecular weight is 288 g/mol. The lowest BCUT2D eigenvalue weighted by molar-refractivity contribution is 0.317. The first-order chi connectivity index (χ1) is 10.1. The van der Waals surface area contributed by atoms with E-state index in [1.165, 1.54) is 12.1 Å². The molecule has 0 saturated carbocycles. The summed E-state index contributed by atoms with van der Waals surface area (Å²) in [7, 11) is 0. The molecule has 0 aliphatic heterocycles. The molecule has 4 nitrogen and oxygen atoms in total. The molecule has 0 fully saturated rings. The van der Waals surface area contributed by atoms with Crippen molar-refractivity contribution in [2.45, 2.75) is 13.3 Å². The number of nitrogens with one attached hydrogen (secondary N) is 1. The van der Waals surface area contributed by atoms with Crippen LogP contribution in [-0.2, 0) is 0 Å². The molecule has 0 amide bonds. The van der Waals surface area contributed by atoms with Crippen LogP contribution in [0.2, 0.25) is 0 Å². The number of hydrogen-bond donors (Lipinski definition) is 2. The average Bonchev–Trinajstić information content (AvgIpc) is 2.46. The molecule has 0 bridgehead atoms. The zero-order valence-electron chi connectivity index (χ0n) is 11.7. The van der Waals surface area contributed by atoms with Gasteiger partial charge in [0.15, 0.2) is 0 Å². The Morgan fingerprint density at radius 2 is 1.81 bits per heavy atom. The highest BCUT2D eigenvalue weighted by Crippen LogP contribution is 2.28. The second-order valence-electron chi connectivity index (χ2n) is 4.45. The molecule has 5 heteroatoms. The van der Waals surface area contributed by atoms with Gasteiger partial charge < -0.3 is 15.2 Å². The molecule has 0 heterocycles. The summed E-state index contributed by atoms with van der Waals surface area (Å²) in [5.41, 5.74) is 5.35. The summed E-state index contributed by atoms with van der Waals surface area (Å²) >= 11 is 0. The Morgan fingerprint density at radius 3 is 2.43 bits per heavy atom. The zero-order chi connectivity index (χ0) is 15.2. The van der Waals surface area contributed by atoms with Crippen molar-refractivity contribution in [2.24, 2.45) is 5.73 Å². The topological polar surface area (TPSA) is 68.3 Å². The lowest BCUT2D eigenvalue weighted by Crippen LogP contribution is -2.14. The molecule has 0 spiro atoms. The van der Waals surface area contributed by atoms with Gasteiger partial charge in [0.05, 0.1) is 12.2 Å². The third-order valence-electron chi connectivity index (χ3n) is 2.77. The first kappa shape index (κ1) is 14.8. The number of amidine groups is 1. The van der Waals surface area contributed by atoms with Crippen LogP contribution in [0.15, 0.2) is 42.5 Å². The van der Waals surface area contributed by atoms with Gasteiger partial charge in [-0.3, -0.25) is 5.41 Å². The first-order valence-electron chi connectivity index (χ1n) is 6.65. The number of nitrogen functional groups attached to an aromatic ring is 1. The van der Waals surface area contributed by atoms with Crippen LogP contribution < -0.4 is 15.2 Å². The molecule has 0 aromatic heterocycles. The smallest absolute Gasteiger partial charge is 0.141 e. The number of ether oxygens (including phenoxy) is 2. The summed E-state index contributed by atoms with van der Waals surface area (Å²) in [4.78, 5) is 0. The van der Waals surface area contributed by atoms with Crippen molar-refractivity contribution in [3.8, 4) is 17.2 Å². The van der Waals surface area contributed by atoms with Crippen molar-refractivity contribution in [1.29, 1.82) is 5.41 Å². The van der Waals surface area contributed by atoms with E-state index in [-0.39, 0.29) is 17.1 Å². The van der Waals surface area contributed by atoms with E-state index in [1.807, 2.05) is 6.92 Å². The van der Waals surface area contributed by atoms with Crippen LogP contribution in [0, 0.1) is 11.2 Å². The Morgan fingerprint density at radius 1 is 1.14 bits per heavy atom. The highest BCUT2D eigenvalue weighted by Gasteiger charge is 2.13. The van der Waals surface area contributed by atoms with Crippen LogP contribution in [0.5, 0.6) is 17.2 Å². The third kappa shape index (κ3) is 3.72. The summed E-state index contributed by atoms with van der Waals surface area (Å²) in [6.45, 7) is 2.68. The van der Waals surface area contributed by atoms with Crippen molar-refractivity contribution in [3.63, 3.8) is 0 Å². The van der Waals surface area contributed by atoms with Gasteiger partial charge in [-0.2, -0.15) is 0 Å². The van der Waals surface area contributed by atoms with Crippen molar-refractivity contribution >= 4 is 5.84 Å². The SMILES string of the molecule is CCCOc1ccc(Oc2cccc(F)c2C(=N)N)cc1. The molecule has 2 aromatic carbocycles. The van der Waals surface area contributed by atoms with Crippen molar-refractivity contribution in [1.82, 2.24) is 0 Å². The van der Waals surface area contributed by atoms with Crippen molar-refractivity contribution in [3.05, 3.63) is 53.8 Å². The maximum Gasteiger partial charge on any atom is 0.141 e. The third-order valence-corrected chi connectivity index (χ3v) is 2.77. The van der Waals surface area contributed by atoms with Crippen LogP contribution in [0.4, 0.5) is 4.39 Å². The van der Waals surface area contributed by atoms with Gasteiger partial charge in [-0.25, -0.2) is 4.39 Å². The van der Waals surface area contributed by atoms with E-state index in [4.69, 9.17) is 20.6 Å². The molecule has 0 aliphatic rings. The molecule has 2 aromatic rings. The molecule has 0 radical (unpaired) electrons. The van der Waals surface area contributed by atoms with Gasteiger partial charge in [0, 0.05) is 0 Å². The Labute approximate surface area is 122 Å². The number of nitrogens with two attached hydrogens (primary N) is 1. The Bertz CT molecular complexity index is 627. The number of halogens is 1. The highest BCUT2D eigenvalue weighted by molar-refractivity contribution is 5.98. The van der Waals surface area contributed by atoms with E-state index in [0.717, 1.165) is 12.2 Å². The lowest BCUT2D eigenvalue weighted by atomic mass is 10.1. The monoisotopic (exact) mass is 288 g/mol. The van der Waals surface area contributed by atoms with Gasteiger partial charge >= 0.3 is 0 Å². The van der Waals surface area contributed by atoms with Gasteiger partial charge in [0.2, 0.25) is 0 Å². The number of hydrogen-bond acceptors (Lipinski definition) is 3. The standard InChI is InChI=1S/C16H17FN2O2/c1-2-10-20-11-6-8-12(9-7-11)21-14-5-3-4-13(17)15(14)16(18)19/h3-9H,2,10H2,1H3,(H3,18,19). The van der Waals surface area contributed by atoms with Crippen LogP contribution in [-0.4, -0.2) is 12.4 Å². The number of benzene rings is 2. The molecule has 110 valence electrons. The Hall–Kier alpha value is -2.56. The van der Waals surface area contributed by atoms with E-state index >= 15 is 0 Å². The normalized spacial score (nSPS) is 10.2. The van der Waals surface area contributed by atoms with E-state index < -0.39 is 5.82 Å². The fourth-order valence-electron chi connectivity index (χ4n) is 1.80. The summed E-state index contributed by atoms with van der Waals surface area (Å²) < 4.78 is 24.8. The minimum atomic E-state index is -0.581. The molecule has 2 rings (SSSR count). The highest BCUT2D eigenvalue weighted by atomic mass is 19.1. The second-order valence-corrected chi connectivity index (χ2v) is 4.45. The second kappa shape index (κ2) is 6.74. The van der Waals surface area contributed by atoms with Gasteiger partial charge in [-0.15, -0.1) is 0 Å². The Kier molecular flexibility index (Phi) is 4.77. The van der Waals surface area contributed by atoms with E-state index in [9.17, 15) is 4.39 Å². The number of rotatable bonds is 6. The lowest BCUT2D eigenvalue weighted by Gasteiger charge is -2.11. The summed E-state index contributed by atoms with van der Waals surface area (Å²) in [6, 6.07) is 11.3. The quantitative estimate of drug-likeness (QED) is 0.629. The van der Waals surface area contributed by atoms with Crippen molar-refractivity contribution in [2.75, 3.05) is 6.61 Å². The largest absolute Gasteiger partial charge is 0.494 e. The van der Waals surface area contributed by atoms with Gasteiger partial charge in [-0.1, -0.05) is 13.0 Å². The van der Waals surface area contributed by atoms with Crippen molar-refractivity contribution < 1.29 is 13.9 Å². The van der Waals surface area contributed by atoms with Gasteiger partial charge in [0.25, 0.3) is 0 Å². The summed E-state index contributed by atoms with van der Waals surface area (Å²) in [6.07, 6.45) is 0.934. The maximum atomic E-state index is 13.7. The molecule has 0 saturated heterocycles. The van der Waals surface area contributed by atoms with Gasteiger partial charge in [0.1, 0.15) is 28.9 Å². The van der Waals surface area contributed by atoms with E-state index in [0.29, 0.717) is 12.4 Å². The van der Waals surface area contributed by atoms with Crippen LogP contribution >= 0.6 is 0 Å². The van der Waals surface area contributed by atoms with E-state index in [2.05, 4.69) is 0 Å². The molecule has 0 unspecified atom stereocenters. The first-order valence-corrected chi connectivity index (χ1v) is 6.65.